The van der Waals surface area contributed by atoms with E-state index in [-0.39, 0.29) is 0 Å². The van der Waals surface area contributed by atoms with E-state index in [2.05, 4.69) is 22.5 Å². The molecule has 0 amide bonds. The van der Waals surface area contributed by atoms with E-state index in [1.54, 1.807) is 0 Å². The van der Waals surface area contributed by atoms with Gasteiger partial charge in [0.2, 0.25) is 0 Å². The van der Waals surface area contributed by atoms with Crippen molar-refractivity contribution in [2.75, 3.05) is 0 Å². The third-order valence-corrected chi connectivity index (χ3v) is 1.81. The van der Waals surface area contributed by atoms with Gasteiger partial charge in [0.05, 0.1) is 0 Å². The van der Waals surface area contributed by atoms with E-state index < -0.39 is 0 Å². The molecular formula is C9H10BrN. The molecule has 11 heavy (non-hydrogen) atoms. The van der Waals surface area contributed by atoms with Gasteiger partial charge in [0.1, 0.15) is 0 Å². The highest BCUT2D eigenvalue weighted by atomic mass is 79.9. The number of benzene rings is 1. The summed E-state index contributed by atoms with van der Waals surface area (Å²) in [4.78, 5) is 0. The van der Waals surface area contributed by atoms with E-state index in [1.165, 1.54) is 5.56 Å². The lowest BCUT2D eigenvalue weighted by molar-refractivity contribution is 1.12. The highest BCUT2D eigenvalue weighted by Gasteiger charge is 1.93. The second-order valence-electron chi connectivity index (χ2n) is 2.46. The average Bonchev–Trinajstić information content (AvgIpc) is 1.85. The summed E-state index contributed by atoms with van der Waals surface area (Å²) in [5.74, 6) is 0. The van der Waals surface area contributed by atoms with Gasteiger partial charge >= 0.3 is 0 Å². The number of nitrogens with two attached hydrogens (primary N) is 1. The topological polar surface area (TPSA) is 26.0 Å². The van der Waals surface area contributed by atoms with Gasteiger partial charge in [-0.2, -0.15) is 0 Å². The zero-order valence-electron chi connectivity index (χ0n) is 6.18. The van der Waals surface area contributed by atoms with Crippen LogP contribution in [0.4, 0.5) is 0 Å². The van der Waals surface area contributed by atoms with Gasteiger partial charge in [-0.25, -0.2) is 0 Å². The number of rotatable bonds is 2. The van der Waals surface area contributed by atoms with Gasteiger partial charge in [-0.1, -0.05) is 34.6 Å². The number of hydrogen-bond donors (Lipinski definition) is 1. The van der Waals surface area contributed by atoms with E-state index in [4.69, 9.17) is 5.73 Å². The second kappa shape index (κ2) is 3.58. The Bertz CT molecular complexity index is 268. The smallest absolute Gasteiger partial charge is 0.0178 e. The first-order chi connectivity index (χ1) is 5.18. The standard InChI is InChI=1S/C9H10BrN/c1-7(11)5-8-3-2-4-9(10)6-8/h2-4,6H,1,5,11H2. The molecule has 0 atom stereocenters. The van der Waals surface area contributed by atoms with Crippen LogP contribution in [0.2, 0.25) is 0 Å². The summed E-state index contributed by atoms with van der Waals surface area (Å²) in [5, 5.41) is 0. The SMILES string of the molecule is C=C(N)Cc1cccc(Br)c1. The molecule has 0 unspecified atom stereocenters. The van der Waals surface area contributed by atoms with Crippen molar-refractivity contribution in [3.05, 3.63) is 46.6 Å². The van der Waals surface area contributed by atoms with Crippen LogP contribution in [0.5, 0.6) is 0 Å². The molecule has 2 N–H and O–H groups in total. The molecule has 0 fully saturated rings. The molecule has 0 saturated heterocycles. The summed E-state index contributed by atoms with van der Waals surface area (Å²) in [7, 11) is 0. The molecule has 1 nitrogen and oxygen atoms in total. The minimum Gasteiger partial charge on any atom is -0.402 e. The molecule has 2 heteroatoms. The van der Waals surface area contributed by atoms with E-state index in [0.29, 0.717) is 5.70 Å². The lowest BCUT2D eigenvalue weighted by Crippen LogP contribution is -1.98. The monoisotopic (exact) mass is 211 g/mol. The fraction of sp³-hybridized carbons (Fsp3) is 0.111. The quantitative estimate of drug-likeness (QED) is 0.800. The first-order valence-corrected chi connectivity index (χ1v) is 4.15. The molecule has 1 rings (SSSR count). The van der Waals surface area contributed by atoms with Crippen molar-refractivity contribution in [2.24, 2.45) is 5.73 Å². The van der Waals surface area contributed by atoms with E-state index >= 15 is 0 Å². The third kappa shape index (κ3) is 2.76. The van der Waals surface area contributed by atoms with Gasteiger partial charge in [0.15, 0.2) is 0 Å². The van der Waals surface area contributed by atoms with Crippen LogP contribution in [-0.2, 0) is 6.42 Å². The normalized spacial score (nSPS) is 9.55. The first kappa shape index (κ1) is 8.34. The van der Waals surface area contributed by atoms with E-state index in [9.17, 15) is 0 Å². The molecular weight excluding hydrogens is 202 g/mol. The Kier molecular flexibility index (Phi) is 2.71. The Hall–Kier alpha value is -0.760. The third-order valence-electron chi connectivity index (χ3n) is 1.32. The van der Waals surface area contributed by atoms with Crippen molar-refractivity contribution in [1.82, 2.24) is 0 Å². The van der Waals surface area contributed by atoms with Crippen molar-refractivity contribution in [2.45, 2.75) is 6.42 Å². The molecule has 0 aliphatic carbocycles. The highest BCUT2D eigenvalue weighted by molar-refractivity contribution is 9.10. The Morgan fingerprint density at radius 2 is 2.27 bits per heavy atom. The van der Waals surface area contributed by atoms with E-state index in [0.717, 1.165) is 10.9 Å². The Morgan fingerprint density at radius 3 is 2.82 bits per heavy atom. The maximum Gasteiger partial charge on any atom is 0.0178 e. The molecule has 1 aromatic carbocycles. The molecule has 0 aromatic heterocycles. The van der Waals surface area contributed by atoms with Gasteiger partial charge in [0, 0.05) is 16.6 Å². The lowest BCUT2D eigenvalue weighted by Gasteiger charge is -1.99. The first-order valence-electron chi connectivity index (χ1n) is 3.36. The van der Waals surface area contributed by atoms with Crippen LogP contribution in [0.25, 0.3) is 0 Å². The molecule has 0 radical (unpaired) electrons. The summed E-state index contributed by atoms with van der Waals surface area (Å²) < 4.78 is 1.08. The van der Waals surface area contributed by atoms with Crippen LogP contribution < -0.4 is 5.73 Å². The van der Waals surface area contributed by atoms with Crippen molar-refractivity contribution >= 4 is 15.9 Å². The Morgan fingerprint density at radius 1 is 1.55 bits per heavy atom. The largest absolute Gasteiger partial charge is 0.402 e. The zero-order valence-corrected chi connectivity index (χ0v) is 7.76. The molecule has 1 aromatic rings. The van der Waals surface area contributed by atoms with Gasteiger partial charge < -0.3 is 5.73 Å². The van der Waals surface area contributed by atoms with Gasteiger partial charge in [-0.05, 0) is 17.7 Å². The van der Waals surface area contributed by atoms with Crippen molar-refractivity contribution in [3.63, 3.8) is 0 Å². The lowest BCUT2D eigenvalue weighted by atomic mass is 10.1. The molecule has 0 aliphatic rings. The van der Waals surface area contributed by atoms with Crippen LogP contribution in [0.15, 0.2) is 41.0 Å². The maximum absolute atomic E-state index is 5.46. The summed E-state index contributed by atoms with van der Waals surface area (Å²) in [6.07, 6.45) is 0.749. The van der Waals surface area contributed by atoms with Crippen LogP contribution in [0, 0.1) is 0 Å². The minimum atomic E-state index is 0.697. The molecule has 58 valence electrons. The minimum absolute atomic E-state index is 0.697. The Labute approximate surface area is 75.0 Å². The van der Waals surface area contributed by atoms with Crippen LogP contribution in [0.1, 0.15) is 5.56 Å². The van der Waals surface area contributed by atoms with Crippen LogP contribution >= 0.6 is 15.9 Å². The summed E-state index contributed by atoms with van der Waals surface area (Å²) in [6, 6.07) is 8.05. The van der Waals surface area contributed by atoms with Crippen molar-refractivity contribution in [1.29, 1.82) is 0 Å². The fourth-order valence-corrected chi connectivity index (χ4v) is 1.36. The number of hydrogen-bond acceptors (Lipinski definition) is 1. The van der Waals surface area contributed by atoms with Crippen LogP contribution in [0.3, 0.4) is 0 Å². The molecule has 0 bridgehead atoms. The predicted octanol–water partition coefficient (Wildman–Crippen LogP) is 2.46. The molecule has 0 aliphatic heterocycles. The molecule has 0 saturated carbocycles. The van der Waals surface area contributed by atoms with Crippen LogP contribution in [-0.4, -0.2) is 0 Å². The van der Waals surface area contributed by atoms with Crippen molar-refractivity contribution < 1.29 is 0 Å². The maximum atomic E-state index is 5.46. The summed E-state index contributed by atoms with van der Waals surface area (Å²) in [6.45, 7) is 3.64. The predicted molar refractivity (Wildman–Crippen MR) is 51.2 cm³/mol. The fourth-order valence-electron chi connectivity index (χ4n) is 0.909. The number of halogens is 1. The highest BCUT2D eigenvalue weighted by Crippen LogP contribution is 2.12. The molecule has 0 heterocycles. The second-order valence-corrected chi connectivity index (χ2v) is 3.38. The summed E-state index contributed by atoms with van der Waals surface area (Å²) >= 11 is 3.38. The van der Waals surface area contributed by atoms with Crippen molar-refractivity contribution in [3.8, 4) is 0 Å². The number of allylic oxidation sites excluding steroid dienone is 1. The van der Waals surface area contributed by atoms with Gasteiger partial charge in [-0.15, -0.1) is 0 Å². The van der Waals surface area contributed by atoms with Gasteiger partial charge in [0.25, 0.3) is 0 Å². The van der Waals surface area contributed by atoms with E-state index in [1.807, 2.05) is 24.3 Å². The molecule has 0 spiro atoms. The zero-order chi connectivity index (χ0) is 8.27. The average molecular weight is 212 g/mol. The summed E-state index contributed by atoms with van der Waals surface area (Å²) in [5.41, 5.74) is 7.35. The van der Waals surface area contributed by atoms with Gasteiger partial charge in [-0.3, -0.25) is 0 Å². The Balaban J connectivity index is 2.79.